The molecule has 106 valence electrons. The van der Waals surface area contributed by atoms with Crippen molar-refractivity contribution >= 4 is 13.1 Å². The second-order valence-electron chi connectivity index (χ2n) is 5.90. The largest absolute Gasteiger partial charge is 1.00 e. The summed E-state index contributed by atoms with van der Waals surface area (Å²) in [6, 6.07) is -0.429. The monoisotopic (exact) mass is 305 g/mol. The maximum Gasteiger partial charge on any atom is 1.00 e. The van der Waals surface area contributed by atoms with Gasteiger partial charge in [-0.3, -0.25) is 0 Å². The van der Waals surface area contributed by atoms with Crippen molar-refractivity contribution in [3.63, 3.8) is 0 Å². The second-order valence-corrected chi connectivity index (χ2v) is 5.90. The summed E-state index contributed by atoms with van der Waals surface area (Å²) in [5, 5.41) is 2.53. The summed E-state index contributed by atoms with van der Waals surface area (Å²) in [7, 11) is 0. The predicted octanol–water partition coefficient (Wildman–Crippen LogP) is 0.675. The van der Waals surface area contributed by atoms with Crippen molar-refractivity contribution in [2.45, 2.75) is 63.9 Å². The first-order chi connectivity index (χ1) is 8.08. The molecule has 2 unspecified atom stereocenters. The molecule has 8 heteroatoms. The van der Waals surface area contributed by atoms with E-state index in [0.717, 1.165) is 0 Å². The zero-order chi connectivity index (χ0) is 14.0. The molecule has 0 aromatic heterocycles. The third-order valence-electron chi connectivity index (χ3n) is 2.97. The van der Waals surface area contributed by atoms with Gasteiger partial charge in [-0.05, 0) is 27.2 Å². The molecule has 0 bridgehead atoms. The van der Waals surface area contributed by atoms with Gasteiger partial charge in [-0.1, -0.05) is 25.1 Å². The molecule has 1 rings (SSSR count). The number of hydrogen-bond donors (Lipinski definition) is 1. The minimum Gasteiger partial charge on any atom is -0.449 e. The Morgan fingerprint density at radius 1 is 1.26 bits per heavy atom. The van der Waals surface area contributed by atoms with Crippen molar-refractivity contribution in [3.8, 4) is 0 Å². The fraction of sp³-hybridized carbons (Fsp3) is 0.909. The standard InChI is InChI=1S/C11H20BF3NO2.K/c1-11(2,3)18-10(17)16-9-6-4-5-8(7-9)12(13,14)15;/h8-9H,4-7H2,1-3H3,(H,16,17);/q-1;+1. The third kappa shape index (κ3) is 7.94. The van der Waals surface area contributed by atoms with Crippen LogP contribution in [0.15, 0.2) is 0 Å². The van der Waals surface area contributed by atoms with E-state index in [9.17, 15) is 17.7 Å². The number of amides is 1. The Labute approximate surface area is 154 Å². The molecule has 1 aliphatic carbocycles. The van der Waals surface area contributed by atoms with Gasteiger partial charge in [0.1, 0.15) is 5.60 Å². The molecule has 1 aliphatic rings. The molecular weight excluding hydrogens is 285 g/mol. The number of carbonyl (C=O) groups is 1. The maximum atomic E-state index is 12.6. The molecule has 1 fully saturated rings. The number of halogens is 3. The molecule has 3 nitrogen and oxygen atoms in total. The fourth-order valence-corrected chi connectivity index (χ4v) is 2.18. The van der Waals surface area contributed by atoms with E-state index in [2.05, 4.69) is 5.32 Å². The summed E-state index contributed by atoms with van der Waals surface area (Å²) < 4.78 is 43.0. The van der Waals surface area contributed by atoms with Crippen LogP contribution in [0.2, 0.25) is 5.82 Å². The van der Waals surface area contributed by atoms with Crippen molar-refractivity contribution in [1.82, 2.24) is 5.32 Å². The van der Waals surface area contributed by atoms with Gasteiger partial charge in [0.05, 0.1) is 0 Å². The van der Waals surface area contributed by atoms with E-state index in [1.54, 1.807) is 20.8 Å². The molecule has 0 radical (unpaired) electrons. The quantitative estimate of drug-likeness (QED) is 0.762. The van der Waals surface area contributed by atoms with Gasteiger partial charge in [0, 0.05) is 6.04 Å². The van der Waals surface area contributed by atoms with Gasteiger partial charge >= 0.3 is 64.5 Å². The number of hydrogen-bond acceptors (Lipinski definition) is 2. The Kier molecular flexibility index (Phi) is 7.99. The van der Waals surface area contributed by atoms with Gasteiger partial charge in [0.2, 0.25) is 0 Å². The Hall–Kier alpha value is 0.761. The Bertz CT molecular complexity index is 307. The van der Waals surface area contributed by atoms with Crippen molar-refractivity contribution in [2.24, 2.45) is 0 Å². The van der Waals surface area contributed by atoms with Gasteiger partial charge in [-0.15, -0.1) is 0 Å². The van der Waals surface area contributed by atoms with E-state index in [-0.39, 0.29) is 64.2 Å². The van der Waals surface area contributed by atoms with Gasteiger partial charge in [0.15, 0.2) is 0 Å². The first-order valence-electron chi connectivity index (χ1n) is 6.27. The summed E-state index contributed by atoms with van der Waals surface area (Å²) in [5.74, 6) is -1.25. The Balaban J connectivity index is 0.00000324. The first kappa shape index (κ1) is 19.8. The normalized spacial score (nSPS) is 24.3. The molecule has 0 saturated heterocycles. The molecule has 1 N–H and O–H groups in total. The minimum atomic E-state index is -4.81. The molecule has 0 aromatic carbocycles. The van der Waals surface area contributed by atoms with Crippen molar-refractivity contribution in [2.75, 3.05) is 0 Å². The number of alkyl carbamates (subject to hydrolysis) is 1. The van der Waals surface area contributed by atoms with Gasteiger partial charge in [0.25, 0.3) is 0 Å². The second kappa shape index (κ2) is 7.68. The van der Waals surface area contributed by atoms with Gasteiger partial charge < -0.3 is 23.0 Å². The molecule has 2 atom stereocenters. The molecule has 1 saturated carbocycles. The fourth-order valence-electron chi connectivity index (χ4n) is 2.18. The van der Waals surface area contributed by atoms with Crippen LogP contribution in [0, 0.1) is 0 Å². The smallest absolute Gasteiger partial charge is 0.449 e. The van der Waals surface area contributed by atoms with Crippen molar-refractivity contribution < 1.29 is 73.9 Å². The summed E-state index contributed by atoms with van der Waals surface area (Å²) in [6.07, 6.45) is 0.593. The molecule has 0 aromatic rings. The summed E-state index contributed by atoms with van der Waals surface area (Å²) in [6.45, 7) is 0.343. The van der Waals surface area contributed by atoms with Crippen LogP contribution in [-0.2, 0) is 4.74 Å². The van der Waals surface area contributed by atoms with Crippen LogP contribution in [0.4, 0.5) is 17.7 Å². The van der Waals surface area contributed by atoms with E-state index >= 15 is 0 Å². The SMILES string of the molecule is CC(C)(C)OC(=O)NC1CCCC([B-](F)(F)F)C1.[K+]. The summed E-state index contributed by atoms with van der Waals surface area (Å²) >= 11 is 0. The van der Waals surface area contributed by atoms with E-state index in [0.29, 0.717) is 12.8 Å². The van der Waals surface area contributed by atoms with Crippen molar-refractivity contribution in [3.05, 3.63) is 0 Å². The molecule has 0 heterocycles. The van der Waals surface area contributed by atoms with E-state index in [1.807, 2.05) is 0 Å². The minimum absolute atomic E-state index is 0. The number of carbonyl (C=O) groups excluding carboxylic acids is 1. The van der Waals surface area contributed by atoms with Crippen LogP contribution in [0.25, 0.3) is 0 Å². The maximum absolute atomic E-state index is 12.6. The predicted molar refractivity (Wildman–Crippen MR) is 64.5 cm³/mol. The topological polar surface area (TPSA) is 38.3 Å². The van der Waals surface area contributed by atoms with E-state index < -0.39 is 30.5 Å². The van der Waals surface area contributed by atoms with Gasteiger partial charge in [-0.2, -0.15) is 0 Å². The zero-order valence-corrected chi connectivity index (χ0v) is 15.1. The number of rotatable bonds is 2. The van der Waals surface area contributed by atoms with E-state index in [1.165, 1.54) is 0 Å². The number of ether oxygens (including phenoxy) is 1. The Morgan fingerprint density at radius 3 is 2.32 bits per heavy atom. The molecule has 19 heavy (non-hydrogen) atoms. The summed E-state index contributed by atoms with van der Waals surface area (Å²) in [5.41, 5.74) is -0.633. The van der Waals surface area contributed by atoms with Crippen LogP contribution in [0.5, 0.6) is 0 Å². The van der Waals surface area contributed by atoms with Crippen LogP contribution in [0.1, 0.15) is 46.5 Å². The van der Waals surface area contributed by atoms with Crippen LogP contribution >= 0.6 is 0 Å². The average molecular weight is 305 g/mol. The molecule has 1 amide bonds. The van der Waals surface area contributed by atoms with E-state index in [4.69, 9.17) is 4.74 Å². The van der Waals surface area contributed by atoms with Crippen molar-refractivity contribution in [1.29, 1.82) is 0 Å². The zero-order valence-electron chi connectivity index (χ0n) is 12.0. The molecular formula is C11H20BF3KNO2. The first-order valence-corrected chi connectivity index (χ1v) is 6.27. The number of nitrogens with one attached hydrogen (secondary N) is 1. The van der Waals surface area contributed by atoms with Gasteiger partial charge in [-0.25, -0.2) is 4.79 Å². The average Bonchev–Trinajstić information content (AvgIpc) is 2.13. The van der Waals surface area contributed by atoms with Crippen LogP contribution in [0.3, 0.4) is 0 Å². The summed E-state index contributed by atoms with van der Waals surface area (Å²) in [4.78, 5) is 11.5. The molecule has 0 spiro atoms. The molecule has 0 aliphatic heterocycles. The van der Waals surface area contributed by atoms with Crippen LogP contribution < -0.4 is 56.7 Å². The van der Waals surface area contributed by atoms with Crippen LogP contribution in [-0.4, -0.2) is 24.7 Å². The Morgan fingerprint density at radius 2 is 1.84 bits per heavy atom. The third-order valence-corrected chi connectivity index (χ3v) is 2.97.